The summed E-state index contributed by atoms with van der Waals surface area (Å²) in [5, 5.41) is 14.9. The first-order chi connectivity index (χ1) is 8.61. The maximum atomic E-state index is 11.7. The van der Waals surface area contributed by atoms with E-state index in [0.717, 1.165) is 17.7 Å². The van der Waals surface area contributed by atoms with Gasteiger partial charge in [0.15, 0.2) is 0 Å². The van der Waals surface area contributed by atoms with Crippen molar-refractivity contribution in [2.24, 2.45) is 0 Å². The van der Waals surface area contributed by atoms with E-state index >= 15 is 0 Å². The van der Waals surface area contributed by atoms with Crippen molar-refractivity contribution in [2.45, 2.75) is 31.9 Å². The van der Waals surface area contributed by atoms with Gasteiger partial charge < -0.3 is 10.4 Å². The van der Waals surface area contributed by atoms with Crippen LogP contribution in [0.15, 0.2) is 17.5 Å². The van der Waals surface area contributed by atoms with E-state index in [1.165, 1.54) is 0 Å². The van der Waals surface area contributed by atoms with Crippen molar-refractivity contribution >= 4 is 17.2 Å². The SMILES string of the molecule is CCCC1(O)CN(CC(=O)NCc2cccs2)C1. The quantitative estimate of drug-likeness (QED) is 0.815. The van der Waals surface area contributed by atoms with Crippen LogP contribution in [0.4, 0.5) is 0 Å². The molecule has 1 aromatic rings. The van der Waals surface area contributed by atoms with Gasteiger partial charge in [-0.2, -0.15) is 0 Å². The van der Waals surface area contributed by atoms with Crippen molar-refractivity contribution in [1.82, 2.24) is 10.2 Å². The average molecular weight is 268 g/mol. The van der Waals surface area contributed by atoms with Crippen LogP contribution in [0.3, 0.4) is 0 Å². The molecule has 0 saturated carbocycles. The normalized spacial score (nSPS) is 18.3. The van der Waals surface area contributed by atoms with Crippen molar-refractivity contribution in [3.05, 3.63) is 22.4 Å². The number of nitrogens with zero attached hydrogens (tertiary/aromatic N) is 1. The Morgan fingerprint density at radius 3 is 3.00 bits per heavy atom. The Morgan fingerprint density at radius 1 is 1.61 bits per heavy atom. The van der Waals surface area contributed by atoms with Crippen LogP contribution in [0, 0.1) is 0 Å². The molecule has 18 heavy (non-hydrogen) atoms. The Labute approximate surface area is 112 Å². The van der Waals surface area contributed by atoms with Gasteiger partial charge in [0.05, 0.1) is 18.7 Å². The van der Waals surface area contributed by atoms with Gasteiger partial charge in [-0.05, 0) is 17.9 Å². The first-order valence-electron chi connectivity index (χ1n) is 6.35. The van der Waals surface area contributed by atoms with E-state index in [1.807, 2.05) is 22.4 Å². The molecule has 5 heteroatoms. The fraction of sp³-hybridized carbons (Fsp3) is 0.615. The lowest BCUT2D eigenvalue weighted by atomic mass is 9.89. The van der Waals surface area contributed by atoms with Crippen LogP contribution in [-0.2, 0) is 11.3 Å². The number of carbonyl (C=O) groups excluding carboxylic acids is 1. The molecular formula is C13H20N2O2S. The molecule has 1 amide bonds. The summed E-state index contributed by atoms with van der Waals surface area (Å²) in [5.74, 6) is 0.0296. The van der Waals surface area contributed by atoms with E-state index in [-0.39, 0.29) is 5.91 Å². The molecule has 1 saturated heterocycles. The van der Waals surface area contributed by atoms with Gasteiger partial charge in [-0.25, -0.2) is 0 Å². The molecular weight excluding hydrogens is 248 g/mol. The van der Waals surface area contributed by atoms with Crippen LogP contribution in [0.1, 0.15) is 24.6 Å². The fourth-order valence-electron chi connectivity index (χ4n) is 2.38. The van der Waals surface area contributed by atoms with Gasteiger partial charge in [0.25, 0.3) is 0 Å². The second-order valence-electron chi connectivity index (χ2n) is 4.98. The third-order valence-corrected chi connectivity index (χ3v) is 4.03. The second kappa shape index (κ2) is 5.82. The zero-order valence-electron chi connectivity index (χ0n) is 10.7. The van der Waals surface area contributed by atoms with Crippen LogP contribution >= 0.6 is 11.3 Å². The molecule has 1 aromatic heterocycles. The van der Waals surface area contributed by atoms with Crippen molar-refractivity contribution in [3.63, 3.8) is 0 Å². The number of carbonyl (C=O) groups is 1. The third-order valence-electron chi connectivity index (χ3n) is 3.16. The number of hydrogen-bond acceptors (Lipinski definition) is 4. The zero-order valence-corrected chi connectivity index (χ0v) is 11.5. The Morgan fingerprint density at radius 2 is 2.39 bits per heavy atom. The number of aliphatic hydroxyl groups is 1. The lowest BCUT2D eigenvalue weighted by Crippen LogP contribution is -2.63. The Hall–Kier alpha value is -0.910. The summed E-state index contributed by atoms with van der Waals surface area (Å²) in [7, 11) is 0. The largest absolute Gasteiger partial charge is 0.387 e. The predicted octanol–water partition coefficient (Wildman–Crippen LogP) is 1.21. The summed E-state index contributed by atoms with van der Waals surface area (Å²) in [6.07, 6.45) is 1.80. The van der Waals surface area contributed by atoms with E-state index in [0.29, 0.717) is 26.2 Å². The van der Waals surface area contributed by atoms with E-state index in [2.05, 4.69) is 12.2 Å². The smallest absolute Gasteiger partial charge is 0.234 e. The van der Waals surface area contributed by atoms with Gasteiger partial charge >= 0.3 is 0 Å². The number of likely N-dealkylation sites (tertiary alicyclic amines) is 1. The minimum absolute atomic E-state index is 0.0296. The molecule has 1 fully saturated rings. The zero-order chi connectivity index (χ0) is 13.0. The highest BCUT2D eigenvalue weighted by Crippen LogP contribution is 2.25. The maximum Gasteiger partial charge on any atom is 0.234 e. The number of hydrogen-bond donors (Lipinski definition) is 2. The van der Waals surface area contributed by atoms with Gasteiger partial charge in [0.2, 0.25) is 5.91 Å². The molecule has 0 unspecified atom stereocenters. The topological polar surface area (TPSA) is 52.6 Å². The molecule has 2 heterocycles. The third kappa shape index (κ3) is 3.54. The number of β-amino-alcohol motifs (C(OH)–C–C–N with tert-alkyl or cyclic N) is 1. The Bertz CT molecular complexity index is 386. The molecule has 0 atom stereocenters. The van der Waals surface area contributed by atoms with Crippen LogP contribution in [0.25, 0.3) is 0 Å². The van der Waals surface area contributed by atoms with Gasteiger partial charge in [-0.15, -0.1) is 11.3 Å². The number of nitrogens with one attached hydrogen (secondary N) is 1. The Balaban J connectivity index is 1.64. The number of thiophene rings is 1. The first-order valence-corrected chi connectivity index (χ1v) is 7.23. The first kappa shape index (κ1) is 13.5. The Kier molecular flexibility index (Phi) is 4.37. The van der Waals surface area contributed by atoms with Crippen molar-refractivity contribution in [1.29, 1.82) is 0 Å². The van der Waals surface area contributed by atoms with Crippen LogP contribution in [0.2, 0.25) is 0 Å². The van der Waals surface area contributed by atoms with Crippen molar-refractivity contribution in [3.8, 4) is 0 Å². The highest BCUT2D eigenvalue weighted by molar-refractivity contribution is 7.09. The van der Waals surface area contributed by atoms with Crippen molar-refractivity contribution < 1.29 is 9.90 Å². The molecule has 0 radical (unpaired) electrons. The summed E-state index contributed by atoms with van der Waals surface area (Å²) in [6.45, 7) is 4.29. The van der Waals surface area contributed by atoms with Crippen LogP contribution in [0.5, 0.6) is 0 Å². The van der Waals surface area contributed by atoms with Gasteiger partial charge in [0.1, 0.15) is 0 Å². The van der Waals surface area contributed by atoms with Crippen LogP contribution < -0.4 is 5.32 Å². The predicted molar refractivity (Wildman–Crippen MR) is 72.5 cm³/mol. The second-order valence-corrected chi connectivity index (χ2v) is 6.01. The fourth-order valence-corrected chi connectivity index (χ4v) is 3.02. The minimum atomic E-state index is -0.553. The summed E-state index contributed by atoms with van der Waals surface area (Å²) in [6, 6.07) is 3.99. The van der Waals surface area contributed by atoms with E-state index in [9.17, 15) is 9.90 Å². The van der Waals surface area contributed by atoms with Gasteiger partial charge in [0, 0.05) is 18.0 Å². The lowest BCUT2D eigenvalue weighted by Gasteiger charge is -2.46. The highest BCUT2D eigenvalue weighted by Gasteiger charge is 2.40. The monoisotopic (exact) mass is 268 g/mol. The number of rotatable bonds is 6. The number of amides is 1. The molecule has 4 nitrogen and oxygen atoms in total. The lowest BCUT2D eigenvalue weighted by molar-refractivity contribution is -0.133. The molecule has 0 aliphatic carbocycles. The van der Waals surface area contributed by atoms with Crippen LogP contribution in [-0.4, -0.2) is 41.1 Å². The molecule has 1 aliphatic rings. The molecule has 0 spiro atoms. The molecule has 2 N–H and O–H groups in total. The molecule has 100 valence electrons. The maximum absolute atomic E-state index is 11.7. The highest BCUT2D eigenvalue weighted by atomic mass is 32.1. The summed E-state index contributed by atoms with van der Waals surface area (Å²) < 4.78 is 0. The van der Waals surface area contributed by atoms with E-state index in [4.69, 9.17) is 0 Å². The molecule has 0 bridgehead atoms. The summed E-state index contributed by atoms with van der Waals surface area (Å²) in [5.41, 5.74) is -0.553. The van der Waals surface area contributed by atoms with E-state index < -0.39 is 5.60 Å². The van der Waals surface area contributed by atoms with Gasteiger partial charge in [-0.1, -0.05) is 19.4 Å². The molecule has 2 rings (SSSR count). The molecule has 1 aliphatic heterocycles. The van der Waals surface area contributed by atoms with Gasteiger partial charge in [-0.3, -0.25) is 9.69 Å². The average Bonchev–Trinajstić information content (AvgIpc) is 2.77. The standard InChI is InChI=1S/C13H20N2O2S/c1-2-5-13(17)9-15(10-13)8-12(16)14-7-11-4-3-6-18-11/h3-4,6,17H,2,5,7-10H2,1H3,(H,14,16). The summed E-state index contributed by atoms with van der Waals surface area (Å²) in [4.78, 5) is 14.8. The van der Waals surface area contributed by atoms with E-state index in [1.54, 1.807) is 11.3 Å². The molecule has 0 aromatic carbocycles. The summed E-state index contributed by atoms with van der Waals surface area (Å²) >= 11 is 1.64. The van der Waals surface area contributed by atoms with Crippen molar-refractivity contribution in [2.75, 3.05) is 19.6 Å². The minimum Gasteiger partial charge on any atom is -0.387 e.